The molecule has 72 valence electrons. The molecule has 0 spiro atoms. The van der Waals surface area contributed by atoms with Crippen molar-refractivity contribution in [3.05, 3.63) is 33.5 Å². The van der Waals surface area contributed by atoms with E-state index in [4.69, 9.17) is 12.2 Å². The second-order valence-corrected chi connectivity index (χ2v) is 3.28. The van der Waals surface area contributed by atoms with E-state index in [2.05, 4.69) is 9.97 Å². The van der Waals surface area contributed by atoms with Crippen molar-refractivity contribution in [2.45, 2.75) is 13.5 Å². The molecule has 14 heavy (non-hydrogen) atoms. The van der Waals surface area contributed by atoms with Crippen LogP contribution >= 0.6 is 12.2 Å². The van der Waals surface area contributed by atoms with Crippen molar-refractivity contribution in [1.29, 1.82) is 0 Å². The van der Waals surface area contributed by atoms with Gasteiger partial charge in [0.1, 0.15) is 5.65 Å². The third-order valence-electron chi connectivity index (χ3n) is 2.05. The molecule has 0 amide bonds. The molecule has 0 atom stereocenters. The summed E-state index contributed by atoms with van der Waals surface area (Å²) in [4.78, 5) is 18.5. The molecule has 4 nitrogen and oxygen atoms in total. The highest BCUT2D eigenvalue weighted by atomic mass is 32.1. The molecule has 0 aliphatic rings. The molecule has 0 unspecified atom stereocenters. The van der Waals surface area contributed by atoms with Crippen molar-refractivity contribution in [1.82, 2.24) is 14.5 Å². The molecule has 0 radical (unpaired) electrons. The van der Waals surface area contributed by atoms with Gasteiger partial charge in [-0.2, -0.15) is 0 Å². The number of nitrogens with zero attached hydrogens (tertiary/aromatic N) is 2. The van der Waals surface area contributed by atoms with E-state index < -0.39 is 0 Å². The maximum Gasteiger partial charge on any atom is 0.201 e. The minimum atomic E-state index is -0.0385. The van der Waals surface area contributed by atoms with Crippen LogP contribution in [0.4, 0.5) is 0 Å². The monoisotopic (exact) mass is 207 g/mol. The number of hydrogen-bond donors (Lipinski definition) is 1. The molecule has 2 aromatic heterocycles. The van der Waals surface area contributed by atoms with E-state index in [-0.39, 0.29) is 5.43 Å². The molecule has 0 aliphatic heterocycles. The zero-order valence-corrected chi connectivity index (χ0v) is 8.47. The molecular formula is C9H9N3OS. The minimum Gasteiger partial charge on any atom is -0.346 e. The number of aromatic amines is 1. The average Bonchev–Trinajstić information content (AvgIpc) is 2.17. The van der Waals surface area contributed by atoms with Gasteiger partial charge in [-0.1, -0.05) is 0 Å². The number of fused-ring (bicyclic) bond motifs is 1. The Morgan fingerprint density at radius 2 is 2.43 bits per heavy atom. The summed E-state index contributed by atoms with van der Waals surface area (Å²) in [5, 5.41) is 0.572. The van der Waals surface area contributed by atoms with E-state index in [0.29, 0.717) is 15.8 Å². The summed E-state index contributed by atoms with van der Waals surface area (Å²) >= 11 is 5.05. The van der Waals surface area contributed by atoms with Crippen LogP contribution in [-0.2, 0) is 6.54 Å². The number of pyridine rings is 1. The van der Waals surface area contributed by atoms with E-state index in [1.165, 1.54) is 6.07 Å². The van der Waals surface area contributed by atoms with Crippen LogP contribution in [0.3, 0.4) is 0 Å². The van der Waals surface area contributed by atoms with Gasteiger partial charge in [-0.05, 0) is 19.1 Å². The molecular weight excluding hydrogens is 198 g/mol. The van der Waals surface area contributed by atoms with E-state index in [1.807, 2.05) is 6.92 Å². The van der Waals surface area contributed by atoms with Crippen LogP contribution in [-0.4, -0.2) is 14.5 Å². The van der Waals surface area contributed by atoms with Gasteiger partial charge in [-0.3, -0.25) is 4.79 Å². The number of rotatable bonds is 1. The second kappa shape index (κ2) is 3.34. The lowest BCUT2D eigenvalue weighted by Gasteiger charge is -2.03. The number of H-pyrrole nitrogens is 1. The maximum atomic E-state index is 11.5. The molecule has 0 bridgehead atoms. The third-order valence-corrected chi connectivity index (χ3v) is 2.38. The van der Waals surface area contributed by atoms with Crippen molar-refractivity contribution in [2.75, 3.05) is 0 Å². The van der Waals surface area contributed by atoms with E-state index in [0.717, 1.165) is 6.54 Å². The summed E-state index contributed by atoms with van der Waals surface area (Å²) in [6.45, 7) is 2.68. The summed E-state index contributed by atoms with van der Waals surface area (Å²) in [6.07, 6.45) is 3.31. The first-order chi connectivity index (χ1) is 6.72. The van der Waals surface area contributed by atoms with E-state index in [9.17, 15) is 4.79 Å². The molecule has 5 heteroatoms. The van der Waals surface area contributed by atoms with Gasteiger partial charge < -0.3 is 9.55 Å². The molecule has 0 aromatic carbocycles. The van der Waals surface area contributed by atoms with Gasteiger partial charge >= 0.3 is 0 Å². The van der Waals surface area contributed by atoms with Crippen LogP contribution < -0.4 is 5.43 Å². The topological polar surface area (TPSA) is 50.7 Å². The zero-order valence-electron chi connectivity index (χ0n) is 7.65. The Morgan fingerprint density at radius 1 is 1.64 bits per heavy atom. The van der Waals surface area contributed by atoms with Crippen molar-refractivity contribution in [3.63, 3.8) is 0 Å². The van der Waals surface area contributed by atoms with Gasteiger partial charge in [0.2, 0.25) is 4.77 Å². The Bertz CT molecular complexity index is 584. The fraction of sp³-hybridized carbons (Fsp3) is 0.222. The Balaban J connectivity index is 2.94. The SMILES string of the molecule is CCn1cc2c(=O)cc[nH]c2nc1=S. The van der Waals surface area contributed by atoms with E-state index in [1.54, 1.807) is 17.0 Å². The Morgan fingerprint density at radius 3 is 3.14 bits per heavy atom. The summed E-state index contributed by atoms with van der Waals surface area (Å²) in [7, 11) is 0. The first-order valence-corrected chi connectivity index (χ1v) is 4.72. The molecule has 0 aliphatic carbocycles. The predicted molar refractivity (Wildman–Crippen MR) is 56.9 cm³/mol. The van der Waals surface area contributed by atoms with Crippen LogP contribution in [0.15, 0.2) is 23.3 Å². The van der Waals surface area contributed by atoms with Crippen LogP contribution in [0.1, 0.15) is 6.92 Å². The normalized spacial score (nSPS) is 10.6. The van der Waals surface area contributed by atoms with Crippen LogP contribution in [0.25, 0.3) is 11.0 Å². The van der Waals surface area contributed by atoms with Gasteiger partial charge in [0, 0.05) is 25.0 Å². The fourth-order valence-electron chi connectivity index (χ4n) is 1.30. The lowest BCUT2D eigenvalue weighted by atomic mass is 10.3. The van der Waals surface area contributed by atoms with Gasteiger partial charge in [0.25, 0.3) is 0 Å². The van der Waals surface area contributed by atoms with Gasteiger partial charge in [-0.15, -0.1) is 0 Å². The minimum absolute atomic E-state index is 0.0385. The lowest BCUT2D eigenvalue weighted by Crippen LogP contribution is -2.07. The van der Waals surface area contributed by atoms with Crippen molar-refractivity contribution < 1.29 is 0 Å². The zero-order chi connectivity index (χ0) is 10.1. The quantitative estimate of drug-likeness (QED) is 0.720. The summed E-state index contributed by atoms with van der Waals surface area (Å²) in [6, 6.07) is 1.48. The molecule has 2 heterocycles. The number of hydrogen-bond acceptors (Lipinski definition) is 3. The van der Waals surface area contributed by atoms with Crippen LogP contribution in [0.5, 0.6) is 0 Å². The van der Waals surface area contributed by atoms with Gasteiger partial charge in [0.15, 0.2) is 5.43 Å². The smallest absolute Gasteiger partial charge is 0.201 e. The molecule has 1 N–H and O–H groups in total. The summed E-state index contributed by atoms with van der Waals surface area (Å²) in [5.41, 5.74) is 0.510. The number of aromatic nitrogens is 3. The average molecular weight is 207 g/mol. The fourth-order valence-corrected chi connectivity index (χ4v) is 1.57. The highest BCUT2D eigenvalue weighted by molar-refractivity contribution is 7.71. The Hall–Kier alpha value is -1.49. The molecule has 2 aromatic rings. The lowest BCUT2D eigenvalue weighted by molar-refractivity contribution is 0.728. The number of nitrogens with one attached hydrogen (secondary N) is 1. The Labute approximate surface area is 85.2 Å². The molecule has 0 saturated carbocycles. The van der Waals surface area contributed by atoms with Crippen LogP contribution in [0, 0.1) is 4.77 Å². The number of aryl methyl sites for hydroxylation is 1. The summed E-state index contributed by atoms with van der Waals surface area (Å²) in [5.74, 6) is 0. The first-order valence-electron chi connectivity index (χ1n) is 4.31. The van der Waals surface area contributed by atoms with Gasteiger partial charge in [-0.25, -0.2) is 4.98 Å². The maximum absolute atomic E-state index is 11.5. The molecule has 0 saturated heterocycles. The van der Waals surface area contributed by atoms with Crippen molar-refractivity contribution in [2.24, 2.45) is 0 Å². The van der Waals surface area contributed by atoms with E-state index >= 15 is 0 Å². The van der Waals surface area contributed by atoms with Crippen LogP contribution in [0.2, 0.25) is 0 Å². The standard InChI is InChI=1S/C9H9N3OS/c1-2-12-5-6-7(13)3-4-10-8(6)11-9(12)14/h3-5H,2H2,1H3,(H,10,11,14). The van der Waals surface area contributed by atoms with Gasteiger partial charge in [0.05, 0.1) is 5.39 Å². The van der Waals surface area contributed by atoms with Crippen molar-refractivity contribution in [3.8, 4) is 0 Å². The summed E-state index contributed by atoms with van der Waals surface area (Å²) < 4.78 is 2.26. The predicted octanol–water partition coefficient (Wildman–Crippen LogP) is 1.47. The largest absolute Gasteiger partial charge is 0.346 e. The third kappa shape index (κ3) is 1.35. The Kier molecular flexibility index (Phi) is 2.17. The molecule has 2 rings (SSSR count). The highest BCUT2D eigenvalue weighted by Crippen LogP contribution is 2.02. The first kappa shape index (κ1) is 9.08. The molecule has 0 fully saturated rings. The second-order valence-electron chi connectivity index (χ2n) is 2.91. The van der Waals surface area contributed by atoms with Crippen molar-refractivity contribution >= 4 is 23.3 Å². The highest BCUT2D eigenvalue weighted by Gasteiger charge is 2.00.